The second-order valence-electron chi connectivity index (χ2n) is 3.07. The first-order valence-corrected chi connectivity index (χ1v) is 5.77. The molecule has 0 saturated heterocycles. The smallest absolute Gasteiger partial charge is 0.240 e. The van der Waals surface area contributed by atoms with Gasteiger partial charge in [-0.25, -0.2) is 23.0 Å². The number of benzene rings is 1. The summed E-state index contributed by atoms with van der Waals surface area (Å²) < 4.78 is 40.3. The minimum Gasteiger partial charge on any atom is -0.459 e. The summed E-state index contributed by atoms with van der Waals surface area (Å²) in [6.45, 7) is 0.0198. The number of nitrogens with two attached hydrogens (primary N) is 1. The molecule has 0 aromatic heterocycles. The number of nitrogens with zero attached hydrogens (tertiary/aromatic N) is 2. The minimum absolute atomic E-state index is 0.0198. The van der Waals surface area contributed by atoms with Crippen LogP contribution in [-0.4, -0.2) is 21.5 Å². The van der Waals surface area contributed by atoms with E-state index < -0.39 is 15.8 Å². The third-order valence-corrected chi connectivity index (χ3v) is 2.92. The summed E-state index contributed by atoms with van der Waals surface area (Å²) in [4.78, 5) is -0.198. The van der Waals surface area contributed by atoms with Gasteiger partial charge in [-0.15, -0.1) is 5.10 Å². The van der Waals surface area contributed by atoms with Crippen molar-refractivity contribution >= 4 is 22.1 Å². The van der Waals surface area contributed by atoms with Gasteiger partial charge in [-0.1, -0.05) is 0 Å². The lowest BCUT2D eigenvalue weighted by Crippen LogP contribution is -2.20. The van der Waals surface area contributed by atoms with E-state index in [-0.39, 0.29) is 17.3 Å². The monoisotopic (exact) mass is 245 g/mol. The third-order valence-electron chi connectivity index (χ3n) is 1.96. The topological polar surface area (TPSA) is 85.0 Å². The Hall–Kier alpha value is -1.67. The molecule has 0 unspecified atom stereocenters. The molecule has 0 bridgehead atoms. The summed E-state index contributed by atoms with van der Waals surface area (Å²) >= 11 is 0. The van der Waals surface area contributed by atoms with Crippen molar-refractivity contribution in [1.29, 1.82) is 0 Å². The largest absolute Gasteiger partial charge is 0.459 e. The quantitative estimate of drug-likeness (QED) is 0.807. The molecular weight excluding hydrogens is 237 g/mol. The molecule has 2 N–H and O–H groups in total. The molecule has 86 valence electrons. The standard InChI is InChI=1S/C8H8FN3O3S/c9-6-1-2-8(16(10,13)14)7(3-6)12-5-15-4-11-12/h1-4H,5H2,(H2,10,13,14). The second kappa shape index (κ2) is 3.72. The molecule has 0 spiro atoms. The predicted octanol–water partition coefficient (Wildman–Crippen LogP) is 0.211. The van der Waals surface area contributed by atoms with Crippen LogP contribution in [0.25, 0.3) is 0 Å². The van der Waals surface area contributed by atoms with E-state index in [2.05, 4.69) is 5.10 Å². The van der Waals surface area contributed by atoms with E-state index in [1.807, 2.05) is 0 Å². The van der Waals surface area contributed by atoms with Gasteiger partial charge in [0.1, 0.15) is 10.7 Å². The van der Waals surface area contributed by atoms with Crippen LogP contribution >= 0.6 is 0 Å². The van der Waals surface area contributed by atoms with E-state index in [0.29, 0.717) is 0 Å². The van der Waals surface area contributed by atoms with Crippen LogP contribution < -0.4 is 10.1 Å². The average Bonchev–Trinajstić information content (AvgIpc) is 2.68. The Labute approximate surface area is 91.2 Å². The Kier molecular flexibility index (Phi) is 2.52. The average molecular weight is 245 g/mol. The number of hydrogen-bond acceptors (Lipinski definition) is 5. The van der Waals surface area contributed by atoms with Crippen LogP contribution in [0.4, 0.5) is 10.1 Å². The number of anilines is 1. The zero-order chi connectivity index (χ0) is 11.8. The van der Waals surface area contributed by atoms with Crippen molar-refractivity contribution in [3.05, 3.63) is 24.0 Å². The first-order valence-electron chi connectivity index (χ1n) is 4.22. The van der Waals surface area contributed by atoms with Gasteiger partial charge in [-0.2, -0.15) is 0 Å². The highest BCUT2D eigenvalue weighted by Crippen LogP contribution is 2.26. The van der Waals surface area contributed by atoms with Crippen molar-refractivity contribution in [2.24, 2.45) is 10.2 Å². The van der Waals surface area contributed by atoms with Gasteiger partial charge in [0, 0.05) is 6.07 Å². The fraction of sp³-hybridized carbons (Fsp3) is 0.125. The molecule has 6 nitrogen and oxygen atoms in total. The van der Waals surface area contributed by atoms with Gasteiger partial charge in [0.15, 0.2) is 13.1 Å². The van der Waals surface area contributed by atoms with Gasteiger partial charge in [-0.3, -0.25) is 0 Å². The first-order chi connectivity index (χ1) is 7.48. The van der Waals surface area contributed by atoms with Crippen LogP contribution in [0.3, 0.4) is 0 Å². The molecule has 0 atom stereocenters. The molecule has 0 aliphatic carbocycles. The summed E-state index contributed by atoms with van der Waals surface area (Å²) in [7, 11) is -3.93. The maximum atomic E-state index is 13.0. The molecule has 1 aromatic carbocycles. The van der Waals surface area contributed by atoms with Crippen LogP contribution in [0.1, 0.15) is 0 Å². The Bertz CT molecular complexity index is 543. The fourth-order valence-electron chi connectivity index (χ4n) is 1.29. The second-order valence-corrected chi connectivity index (χ2v) is 4.60. The zero-order valence-corrected chi connectivity index (χ0v) is 8.82. The molecule has 0 amide bonds. The van der Waals surface area contributed by atoms with Crippen LogP contribution in [-0.2, 0) is 14.8 Å². The Morgan fingerprint density at radius 1 is 1.50 bits per heavy atom. The minimum atomic E-state index is -3.93. The SMILES string of the molecule is NS(=O)(=O)c1ccc(F)cc1N1COC=N1. The van der Waals surface area contributed by atoms with Crippen molar-refractivity contribution in [3.8, 4) is 0 Å². The van der Waals surface area contributed by atoms with Gasteiger partial charge in [0.05, 0.1) is 5.69 Å². The van der Waals surface area contributed by atoms with Crippen molar-refractivity contribution in [3.63, 3.8) is 0 Å². The lowest BCUT2D eigenvalue weighted by molar-refractivity contribution is 0.349. The molecule has 0 fully saturated rings. The van der Waals surface area contributed by atoms with Gasteiger partial charge in [-0.05, 0) is 12.1 Å². The van der Waals surface area contributed by atoms with Crippen LogP contribution in [0, 0.1) is 5.82 Å². The third kappa shape index (κ3) is 1.97. The van der Waals surface area contributed by atoms with Crippen molar-refractivity contribution in [1.82, 2.24) is 0 Å². The van der Waals surface area contributed by atoms with E-state index >= 15 is 0 Å². The number of hydrogen-bond donors (Lipinski definition) is 1. The summed E-state index contributed by atoms with van der Waals surface area (Å²) in [6, 6.07) is 3.14. The van der Waals surface area contributed by atoms with Crippen molar-refractivity contribution in [2.45, 2.75) is 4.90 Å². The summed E-state index contributed by atoms with van der Waals surface area (Å²) in [5, 5.41) is 9.92. The first kappa shape index (κ1) is 10.8. The molecule has 2 rings (SSSR count). The van der Waals surface area contributed by atoms with Gasteiger partial charge >= 0.3 is 0 Å². The number of halogens is 1. The van der Waals surface area contributed by atoms with Gasteiger partial charge in [0.25, 0.3) is 0 Å². The highest BCUT2D eigenvalue weighted by Gasteiger charge is 2.21. The van der Waals surface area contributed by atoms with Crippen molar-refractivity contribution < 1.29 is 17.5 Å². The highest BCUT2D eigenvalue weighted by atomic mass is 32.2. The predicted molar refractivity (Wildman–Crippen MR) is 54.7 cm³/mol. The molecule has 1 aliphatic heterocycles. The summed E-state index contributed by atoms with van der Waals surface area (Å²) in [6.07, 6.45) is 1.14. The molecule has 8 heteroatoms. The van der Waals surface area contributed by atoms with E-state index in [1.165, 1.54) is 5.01 Å². The lowest BCUT2D eigenvalue weighted by atomic mass is 10.3. The fourth-order valence-corrected chi connectivity index (χ4v) is 2.01. The van der Waals surface area contributed by atoms with E-state index in [1.54, 1.807) is 0 Å². The maximum Gasteiger partial charge on any atom is 0.240 e. The van der Waals surface area contributed by atoms with Crippen LogP contribution in [0.5, 0.6) is 0 Å². The Morgan fingerprint density at radius 2 is 2.25 bits per heavy atom. The molecule has 0 radical (unpaired) electrons. The van der Waals surface area contributed by atoms with E-state index in [0.717, 1.165) is 24.6 Å². The number of ether oxygens (including phenoxy) is 1. The molecular formula is C8H8FN3O3S. The molecule has 1 aromatic rings. The molecule has 0 saturated carbocycles. The zero-order valence-electron chi connectivity index (χ0n) is 8.00. The summed E-state index contributed by atoms with van der Waals surface area (Å²) in [5.74, 6) is -0.579. The van der Waals surface area contributed by atoms with Crippen LogP contribution in [0.2, 0.25) is 0 Å². The lowest BCUT2D eigenvalue weighted by Gasteiger charge is -2.15. The molecule has 1 aliphatic rings. The summed E-state index contributed by atoms with van der Waals surface area (Å²) in [5.41, 5.74) is 0.0521. The van der Waals surface area contributed by atoms with Crippen molar-refractivity contribution in [2.75, 3.05) is 11.7 Å². The maximum absolute atomic E-state index is 13.0. The van der Waals surface area contributed by atoms with Crippen LogP contribution in [0.15, 0.2) is 28.2 Å². The Balaban J connectivity index is 2.57. The molecule has 16 heavy (non-hydrogen) atoms. The normalized spacial score (nSPS) is 15.2. The number of sulfonamides is 1. The number of hydrazone groups is 1. The molecule has 1 heterocycles. The number of rotatable bonds is 2. The highest BCUT2D eigenvalue weighted by molar-refractivity contribution is 7.89. The van der Waals surface area contributed by atoms with Gasteiger partial charge in [0.2, 0.25) is 10.0 Å². The Morgan fingerprint density at radius 3 is 2.81 bits per heavy atom. The van der Waals surface area contributed by atoms with E-state index in [4.69, 9.17) is 9.88 Å². The van der Waals surface area contributed by atoms with E-state index in [9.17, 15) is 12.8 Å². The van der Waals surface area contributed by atoms with Gasteiger partial charge < -0.3 is 4.74 Å². The number of primary sulfonamides is 1.